The van der Waals surface area contributed by atoms with Gasteiger partial charge in [0.1, 0.15) is 0 Å². The van der Waals surface area contributed by atoms with E-state index in [9.17, 15) is 0 Å². The van der Waals surface area contributed by atoms with E-state index in [0.717, 1.165) is 0 Å². The number of aromatic nitrogens is 1. The summed E-state index contributed by atoms with van der Waals surface area (Å²) < 4.78 is 0. The van der Waals surface area contributed by atoms with Crippen LogP contribution in [-0.2, 0) is 0 Å². The highest BCUT2D eigenvalue weighted by molar-refractivity contribution is 4.82. The van der Waals surface area contributed by atoms with E-state index in [1.807, 2.05) is 30.6 Å². The van der Waals surface area contributed by atoms with Crippen LogP contribution in [0.25, 0.3) is 0 Å². The van der Waals surface area contributed by atoms with E-state index in [1.54, 1.807) is 0 Å². The highest BCUT2D eigenvalue weighted by Gasteiger charge is 1.95. The second-order valence-electron chi connectivity index (χ2n) is 4.08. The van der Waals surface area contributed by atoms with Crippen molar-refractivity contribution in [3.8, 4) is 0 Å². The third-order valence-corrected chi connectivity index (χ3v) is 0.607. The summed E-state index contributed by atoms with van der Waals surface area (Å²) in [6.07, 6.45) is 3.75. The van der Waals surface area contributed by atoms with E-state index >= 15 is 0 Å². The van der Waals surface area contributed by atoms with Crippen LogP contribution in [0.15, 0.2) is 30.6 Å². The van der Waals surface area contributed by atoms with Crippen LogP contribution in [0.4, 0.5) is 0 Å². The highest BCUT2D eigenvalue weighted by Crippen LogP contribution is 2.07. The van der Waals surface area contributed by atoms with Gasteiger partial charge in [-0.3, -0.25) is 0 Å². The summed E-state index contributed by atoms with van der Waals surface area (Å²) in [5.74, 6) is 0. The van der Waals surface area contributed by atoms with Crippen molar-refractivity contribution in [1.82, 2.24) is 0 Å². The lowest BCUT2D eigenvalue weighted by molar-refractivity contribution is -0.377. The van der Waals surface area contributed by atoms with Gasteiger partial charge >= 0.3 is 0 Å². The molecule has 0 unspecified atom stereocenters. The zero-order valence-electron chi connectivity index (χ0n) is 7.89. The summed E-state index contributed by atoms with van der Waals surface area (Å²) >= 11 is 0. The number of H-pyrrole nitrogens is 1. The Balaban J connectivity index is 0.000000187. The highest BCUT2D eigenvalue weighted by atomic mass is 14.6. The van der Waals surface area contributed by atoms with E-state index in [-0.39, 0.29) is 0 Å². The van der Waals surface area contributed by atoms with Crippen LogP contribution in [0.2, 0.25) is 0 Å². The summed E-state index contributed by atoms with van der Waals surface area (Å²) in [6, 6.07) is 5.86. The Morgan fingerprint density at radius 2 is 1.18 bits per heavy atom. The standard InChI is InChI=1S/C5H5N.C5H12/c1-2-4-6-5-3-1;1-5(2,3)4/h1-5H;1-4H3/p+1. The SMILES string of the molecule is CC(C)(C)C.c1cc[nH+]cc1. The molecule has 0 aliphatic carbocycles. The average molecular weight is 152 g/mol. The molecule has 1 heteroatoms. The molecule has 0 fully saturated rings. The van der Waals surface area contributed by atoms with Crippen molar-refractivity contribution >= 4 is 0 Å². The van der Waals surface area contributed by atoms with Gasteiger partial charge in [0.25, 0.3) is 0 Å². The Hall–Kier alpha value is -0.850. The molecule has 0 saturated carbocycles. The Morgan fingerprint density at radius 1 is 0.818 bits per heavy atom. The molecule has 1 N–H and O–H groups in total. The van der Waals surface area contributed by atoms with Gasteiger partial charge < -0.3 is 0 Å². The predicted molar refractivity (Wildman–Crippen MR) is 48.1 cm³/mol. The second kappa shape index (κ2) is 4.89. The van der Waals surface area contributed by atoms with Crippen molar-refractivity contribution in [2.45, 2.75) is 27.7 Å². The van der Waals surface area contributed by atoms with E-state index in [0.29, 0.717) is 5.41 Å². The number of nitrogens with one attached hydrogen (secondary N) is 1. The number of aromatic amines is 1. The normalized spacial score (nSPS) is 9.82. The Kier molecular flexibility index (Phi) is 4.51. The van der Waals surface area contributed by atoms with Gasteiger partial charge in [0.2, 0.25) is 0 Å². The van der Waals surface area contributed by atoms with Crippen molar-refractivity contribution in [2.75, 3.05) is 0 Å². The fourth-order valence-corrected chi connectivity index (χ4v) is 0.342. The summed E-state index contributed by atoms with van der Waals surface area (Å²) in [7, 11) is 0. The first kappa shape index (κ1) is 10.2. The molecule has 1 heterocycles. The first-order chi connectivity index (χ1) is 5.00. The minimum absolute atomic E-state index is 0.500. The maximum absolute atomic E-state index is 2.89. The molecule has 1 aromatic heterocycles. The maximum atomic E-state index is 2.89. The molecular formula is C10H18N+. The molecular weight excluding hydrogens is 134 g/mol. The van der Waals surface area contributed by atoms with Crippen LogP contribution < -0.4 is 4.98 Å². The predicted octanol–water partition coefficient (Wildman–Crippen LogP) is 2.55. The van der Waals surface area contributed by atoms with Crippen molar-refractivity contribution in [1.29, 1.82) is 0 Å². The van der Waals surface area contributed by atoms with Crippen molar-refractivity contribution in [3.63, 3.8) is 0 Å². The van der Waals surface area contributed by atoms with Gasteiger partial charge in [0, 0.05) is 12.1 Å². The second-order valence-corrected chi connectivity index (χ2v) is 4.08. The maximum Gasteiger partial charge on any atom is 0.166 e. The molecule has 1 rings (SSSR count). The monoisotopic (exact) mass is 152 g/mol. The molecule has 0 radical (unpaired) electrons. The number of hydrogen-bond donors (Lipinski definition) is 0. The van der Waals surface area contributed by atoms with Crippen LogP contribution >= 0.6 is 0 Å². The van der Waals surface area contributed by atoms with Crippen molar-refractivity contribution < 1.29 is 4.98 Å². The van der Waals surface area contributed by atoms with E-state index in [4.69, 9.17) is 0 Å². The van der Waals surface area contributed by atoms with E-state index in [2.05, 4.69) is 32.7 Å². The van der Waals surface area contributed by atoms with Crippen LogP contribution in [0.3, 0.4) is 0 Å². The fraction of sp³-hybridized carbons (Fsp3) is 0.500. The Bertz CT molecular complexity index is 129. The summed E-state index contributed by atoms with van der Waals surface area (Å²) in [6.45, 7) is 8.75. The number of rotatable bonds is 0. The smallest absolute Gasteiger partial charge is 0.166 e. The van der Waals surface area contributed by atoms with E-state index < -0.39 is 0 Å². The molecule has 62 valence electrons. The van der Waals surface area contributed by atoms with Gasteiger partial charge in [-0.05, 0) is 5.41 Å². The van der Waals surface area contributed by atoms with Gasteiger partial charge in [-0.1, -0.05) is 33.8 Å². The molecule has 0 aliphatic rings. The first-order valence-electron chi connectivity index (χ1n) is 3.91. The van der Waals surface area contributed by atoms with Gasteiger partial charge in [-0.15, -0.1) is 0 Å². The zero-order chi connectivity index (χ0) is 8.74. The van der Waals surface area contributed by atoms with E-state index in [1.165, 1.54) is 0 Å². The Labute approximate surface area is 69.5 Å². The topological polar surface area (TPSA) is 14.1 Å². The number of pyridine rings is 1. The molecule has 0 aromatic carbocycles. The summed E-state index contributed by atoms with van der Waals surface area (Å²) in [5.41, 5.74) is 0.500. The average Bonchev–Trinajstić information content (AvgIpc) is 1.88. The van der Waals surface area contributed by atoms with Crippen molar-refractivity contribution in [2.24, 2.45) is 5.41 Å². The lowest BCUT2D eigenvalue weighted by Gasteiger charge is -2.05. The van der Waals surface area contributed by atoms with Gasteiger partial charge in [-0.2, -0.15) is 0 Å². The molecule has 1 aromatic rings. The zero-order valence-corrected chi connectivity index (χ0v) is 7.89. The van der Waals surface area contributed by atoms with Gasteiger partial charge in [-0.25, -0.2) is 4.98 Å². The summed E-state index contributed by atoms with van der Waals surface area (Å²) in [5, 5.41) is 0. The Morgan fingerprint density at radius 3 is 1.27 bits per heavy atom. The van der Waals surface area contributed by atoms with Crippen molar-refractivity contribution in [3.05, 3.63) is 30.6 Å². The minimum Gasteiger partial charge on any atom is -0.218 e. The number of hydrogen-bond acceptors (Lipinski definition) is 0. The molecule has 0 aliphatic heterocycles. The quantitative estimate of drug-likeness (QED) is 0.542. The minimum atomic E-state index is 0.500. The largest absolute Gasteiger partial charge is 0.218 e. The van der Waals surface area contributed by atoms with Crippen LogP contribution in [0.1, 0.15) is 27.7 Å². The molecule has 0 amide bonds. The summed E-state index contributed by atoms with van der Waals surface area (Å²) in [4.78, 5) is 2.89. The first-order valence-corrected chi connectivity index (χ1v) is 3.91. The van der Waals surface area contributed by atoms with Gasteiger partial charge in [0.05, 0.1) is 0 Å². The third kappa shape index (κ3) is 17.6. The molecule has 0 bridgehead atoms. The van der Waals surface area contributed by atoms with Crippen LogP contribution in [-0.4, -0.2) is 0 Å². The molecule has 0 atom stereocenters. The molecule has 1 nitrogen and oxygen atoms in total. The molecule has 0 spiro atoms. The molecule has 11 heavy (non-hydrogen) atoms. The van der Waals surface area contributed by atoms with Crippen LogP contribution in [0.5, 0.6) is 0 Å². The lowest BCUT2D eigenvalue weighted by atomic mass is 10.0. The molecule has 0 saturated heterocycles. The van der Waals surface area contributed by atoms with Gasteiger partial charge in [0.15, 0.2) is 12.4 Å². The third-order valence-electron chi connectivity index (χ3n) is 0.607. The van der Waals surface area contributed by atoms with Crippen LogP contribution in [0, 0.1) is 5.41 Å². The fourth-order valence-electron chi connectivity index (χ4n) is 0.342. The lowest BCUT2D eigenvalue weighted by Crippen LogP contribution is -1.93.